The summed E-state index contributed by atoms with van der Waals surface area (Å²) in [5, 5.41) is 1.41. The van der Waals surface area contributed by atoms with Crippen LogP contribution in [-0.4, -0.2) is 4.57 Å². The van der Waals surface area contributed by atoms with Crippen LogP contribution in [0.2, 0.25) is 0 Å². The monoisotopic (exact) mass is 247 g/mol. The van der Waals surface area contributed by atoms with E-state index in [1.807, 2.05) is 0 Å². The third kappa shape index (κ3) is 1.54. The van der Waals surface area contributed by atoms with Crippen molar-refractivity contribution in [2.75, 3.05) is 0 Å². The molecule has 4 rings (SSSR count). The third-order valence-corrected chi connectivity index (χ3v) is 4.44. The summed E-state index contributed by atoms with van der Waals surface area (Å²) in [6.45, 7) is 0. The molecule has 1 aliphatic rings. The zero-order valence-corrected chi connectivity index (χ0v) is 11.1. The lowest BCUT2D eigenvalue weighted by molar-refractivity contribution is 0.787. The summed E-state index contributed by atoms with van der Waals surface area (Å²) in [5.41, 5.74) is 5.88. The van der Waals surface area contributed by atoms with E-state index >= 15 is 0 Å². The Labute approximate surface area is 113 Å². The maximum atomic E-state index is 2.32. The molecule has 1 aliphatic carbocycles. The fraction of sp³-hybridized carbons (Fsp3) is 0.222. The summed E-state index contributed by atoms with van der Waals surface area (Å²) in [7, 11) is 2.15. The number of rotatable bonds is 1. The molecule has 0 radical (unpaired) electrons. The maximum Gasteiger partial charge on any atom is 0.0480 e. The molecule has 0 saturated heterocycles. The van der Waals surface area contributed by atoms with Crippen molar-refractivity contribution in [3.05, 3.63) is 71.4 Å². The summed E-state index contributed by atoms with van der Waals surface area (Å²) >= 11 is 0. The topological polar surface area (TPSA) is 4.93 Å². The first kappa shape index (κ1) is 10.9. The highest BCUT2D eigenvalue weighted by Crippen LogP contribution is 2.41. The average Bonchev–Trinajstić information content (AvgIpc) is 3.01. The molecule has 1 aromatic heterocycles. The Kier molecular flexibility index (Phi) is 2.28. The smallest absolute Gasteiger partial charge is 0.0480 e. The van der Waals surface area contributed by atoms with Gasteiger partial charge >= 0.3 is 0 Å². The van der Waals surface area contributed by atoms with Gasteiger partial charge in [-0.1, -0.05) is 42.5 Å². The molecule has 0 saturated carbocycles. The number of aromatic nitrogens is 1. The second kappa shape index (κ2) is 3.99. The van der Waals surface area contributed by atoms with Gasteiger partial charge in [0.05, 0.1) is 0 Å². The molecule has 1 heterocycles. The van der Waals surface area contributed by atoms with Crippen molar-refractivity contribution < 1.29 is 0 Å². The van der Waals surface area contributed by atoms with Crippen LogP contribution in [0, 0.1) is 0 Å². The number of hydrogen-bond donors (Lipinski definition) is 0. The lowest BCUT2D eigenvalue weighted by atomic mass is 9.93. The van der Waals surface area contributed by atoms with E-state index in [9.17, 15) is 0 Å². The third-order valence-electron chi connectivity index (χ3n) is 4.44. The molecule has 2 aromatic carbocycles. The normalized spacial score (nSPS) is 17.8. The first-order valence-electron chi connectivity index (χ1n) is 6.96. The Morgan fingerprint density at radius 1 is 0.947 bits per heavy atom. The second-order valence-corrected chi connectivity index (χ2v) is 5.50. The molecule has 19 heavy (non-hydrogen) atoms. The number of nitrogens with zero attached hydrogens (tertiary/aromatic N) is 1. The number of benzene rings is 2. The molecule has 0 N–H and O–H groups in total. The largest absolute Gasteiger partial charge is 0.350 e. The Morgan fingerprint density at radius 2 is 1.74 bits per heavy atom. The maximum absolute atomic E-state index is 2.32. The molecule has 0 aliphatic heterocycles. The van der Waals surface area contributed by atoms with Crippen LogP contribution in [0.5, 0.6) is 0 Å². The van der Waals surface area contributed by atoms with Crippen molar-refractivity contribution >= 4 is 10.9 Å². The van der Waals surface area contributed by atoms with Crippen LogP contribution < -0.4 is 0 Å². The fourth-order valence-corrected chi connectivity index (χ4v) is 3.53. The van der Waals surface area contributed by atoms with Gasteiger partial charge in [-0.05, 0) is 35.6 Å². The predicted molar refractivity (Wildman–Crippen MR) is 79.5 cm³/mol. The standard InChI is InChI=1S/C18H17N/c1-19-12-17(16-8-4-5-9-18(16)19)15-11-10-13-6-2-3-7-14(13)15/h2-9,12,15H,10-11H2,1H3. The molecule has 0 bridgehead atoms. The Bertz CT molecular complexity index is 751. The van der Waals surface area contributed by atoms with E-state index in [-0.39, 0.29) is 0 Å². The van der Waals surface area contributed by atoms with Gasteiger partial charge in [0.25, 0.3) is 0 Å². The molecule has 0 amide bonds. The van der Waals surface area contributed by atoms with E-state index in [0.717, 1.165) is 0 Å². The molecular weight excluding hydrogens is 230 g/mol. The van der Waals surface area contributed by atoms with E-state index in [1.54, 1.807) is 0 Å². The van der Waals surface area contributed by atoms with E-state index in [0.29, 0.717) is 5.92 Å². The van der Waals surface area contributed by atoms with Crippen LogP contribution in [0.3, 0.4) is 0 Å². The van der Waals surface area contributed by atoms with Crippen molar-refractivity contribution in [3.63, 3.8) is 0 Å². The molecule has 1 atom stereocenters. The minimum Gasteiger partial charge on any atom is -0.350 e. The lowest BCUT2D eigenvalue weighted by Gasteiger charge is -2.10. The zero-order chi connectivity index (χ0) is 12.8. The predicted octanol–water partition coefficient (Wildman–Crippen LogP) is 4.26. The van der Waals surface area contributed by atoms with Gasteiger partial charge in [-0.25, -0.2) is 0 Å². The van der Waals surface area contributed by atoms with Gasteiger partial charge in [-0.2, -0.15) is 0 Å². The summed E-state index contributed by atoms with van der Waals surface area (Å²) in [6.07, 6.45) is 4.77. The van der Waals surface area contributed by atoms with E-state index in [2.05, 4.69) is 66.3 Å². The Hall–Kier alpha value is -2.02. The zero-order valence-electron chi connectivity index (χ0n) is 11.1. The minimum absolute atomic E-state index is 0.572. The SMILES string of the molecule is Cn1cc(C2CCc3ccccc32)c2ccccc21. The van der Waals surface area contributed by atoms with E-state index in [1.165, 1.54) is 40.4 Å². The summed E-state index contributed by atoms with van der Waals surface area (Å²) in [4.78, 5) is 0. The van der Waals surface area contributed by atoms with Crippen LogP contribution >= 0.6 is 0 Å². The number of fused-ring (bicyclic) bond motifs is 2. The molecule has 1 heteroatoms. The number of para-hydroxylation sites is 1. The van der Waals surface area contributed by atoms with Gasteiger partial charge in [0.2, 0.25) is 0 Å². The van der Waals surface area contributed by atoms with E-state index in [4.69, 9.17) is 0 Å². The summed E-state index contributed by atoms with van der Waals surface area (Å²) in [5.74, 6) is 0.572. The molecule has 0 spiro atoms. The molecule has 1 nitrogen and oxygen atoms in total. The lowest BCUT2D eigenvalue weighted by Crippen LogP contribution is -1.94. The molecule has 1 unspecified atom stereocenters. The molecule has 94 valence electrons. The van der Waals surface area contributed by atoms with Crippen LogP contribution in [0.1, 0.15) is 29.0 Å². The number of aryl methyl sites for hydroxylation is 2. The van der Waals surface area contributed by atoms with Crippen molar-refractivity contribution in [2.45, 2.75) is 18.8 Å². The molecule has 3 aromatic rings. The number of hydrogen-bond acceptors (Lipinski definition) is 0. The Morgan fingerprint density at radius 3 is 2.68 bits per heavy atom. The van der Waals surface area contributed by atoms with Crippen molar-refractivity contribution in [1.82, 2.24) is 4.57 Å². The molecular formula is C18H17N. The summed E-state index contributed by atoms with van der Waals surface area (Å²) < 4.78 is 2.26. The van der Waals surface area contributed by atoms with Crippen LogP contribution in [0.4, 0.5) is 0 Å². The summed E-state index contributed by atoms with van der Waals surface area (Å²) in [6, 6.07) is 17.6. The highest BCUT2D eigenvalue weighted by atomic mass is 14.9. The fourth-order valence-electron chi connectivity index (χ4n) is 3.53. The van der Waals surface area contributed by atoms with Gasteiger partial charge in [0.15, 0.2) is 0 Å². The highest BCUT2D eigenvalue weighted by molar-refractivity contribution is 5.85. The van der Waals surface area contributed by atoms with E-state index < -0.39 is 0 Å². The Balaban J connectivity index is 1.93. The first-order valence-corrected chi connectivity index (χ1v) is 6.96. The first-order chi connectivity index (χ1) is 9.34. The van der Waals surface area contributed by atoms with Gasteiger partial charge in [-0.3, -0.25) is 0 Å². The average molecular weight is 247 g/mol. The van der Waals surface area contributed by atoms with Gasteiger partial charge < -0.3 is 4.57 Å². The highest BCUT2D eigenvalue weighted by Gasteiger charge is 2.25. The van der Waals surface area contributed by atoms with Crippen LogP contribution in [0.25, 0.3) is 10.9 Å². The van der Waals surface area contributed by atoms with Crippen molar-refractivity contribution in [1.29, 1.82) is 0 Å². The van der Waals surface area contributed by atoms with Crippen LogP contribution in [0.15, 0.2) is 54.7 Å². The molecule has 0 fully saturated rings. The minimum atomic E-state index is 0.572. The van der Waals surface area contributed by atoms with Crippen molar-refractivity contribution in [3.8, 4) is 0 Å². The van der Waals surface area contributed by atoms with Gasteiger partial charge in [0.1, 0.15) is 0 Å². The van der Waals surface area contributed by atoms with Gasteiger partial charge in [0, 0.05) is 30.1 Å². The second-order valence-electron chi connectivity index (χ2n) is 5.50. The van der Waals surface area contributed by atoms with Crippen molar-refractivity contribution in [2.24, 2.45) is 7.05 Å². The van der Waals surface area contributed by atoms with Gasteiger partial charge in [-0.15, -0.1) is 0 Å². The quantitative estimate of drug-likeness (QED) is 0.605. The van der Waals surface area contributed by atoms with Crippen LogP contribution in [-0.2, 0) is 13.5 Å².